The van der Waals surface area contributed by atoms with Gasteiger partial charge in [0.15, 0.2) is 0 Å². The van der Waals surface area contributed by atoms with Crippen LogP contribution in [0.15, 0.2) is 0 Å². The van der Waals surface area contributed by atoms with Crippen molar-refractivity contribution in [2.45, 2.75) is 12.8 Å². The maximum atomic E-state index is 10.9. The summed E-state index contributed by atoms with van der Waals surface area (Å²) < 4.78 is 0. The standard InChI is InChI=1S/C7H14NO2/c1-3-4-7(10)8(2)5-6-9/h9H,1,3-6H2,2H3. The maximum absolute atomic E-state index is 10.9. The molecule has 0 aliphatic rings. The molecule has 0 saturated carbocycles. The summed E-state index contributed by atoms with van der Waals surface area (Å²) in [7, 11) is 1.67. The number of amides is 1. The van der Waals surface area contributed by atoms with E-state index >= 15 is 0 Å². The maximum Gasteiger partial charge on any atom is 0.222 e. The molecule has 0 heterocycles. The number of nitrogens with zero attached hydrogens (tertiary/aromatic N) is 1. The molecular formula is C7H14NO2. The molecule has 1 N–H and O–H groups in total. The second-order valence-corrected chi connectivity index (χ2v) is 2.14. The summed E-state index contributed by atoms with van der Waals surface area (Å²) in [4.78, 5) is 12.4. The zero-order valence-corrected chi connectivity index (χ0v) is 6.34. The van der Waals surface area contributed by atoms with Crippen LogP contribution in [0.4, 0.5) is 0 Å². The van der Waals surface area contributed by atoms with E-state index in [9.17, 15) is 4.79 Å². The summed E-state index contributed by atoms with van der Waals surface area (Å²) in [6, 6.07) is 0. The molecule has 0 unspecified atom stereocenters. The van der Waals surface area contributed by atoms with Crippen LogP contribution in [-0.2, 0) is 4.79 Å². The second kappa shape index (κ2) is 5.23. The fourth-order valence-corrected chi connectivity index (χ4v) is 0.617. The predicted molar refractivity (Wildman–Crippen MR) is 39.3 cm³/mol. The zero-order valence-electron chi connectivity index (χ0n) is 6.34. The Morgan fingerprint density at radius 1 is 1.70 bits per heavy atom. The van der Waals surface area contributed by atoms with Gasteiger partial charge >= 0.3 is 0 Å². The molecule has 0 aromatic heterocycles. The molecule has 0 bridgehead atoms. The van der Waals surface area contributed by atoms with Gasteiger partial charge in [0, 0.05) is 20.0 Å². The lowest BCUT2D eigenvalue weighted by Gasteiger charge is -2.14. The Morgan fingerprint density at radius 3 is 2.70 bits per heavy atom. The van der Waals surface area contributed by atoms with Crippen LogP contribution < -0.4 is 0 Å². The molecule has 0 aliphatic carbocycles. The van der Waals surface area contributed by atoms with Crippen molar-refractivity contribution in [3.8, 4) is 0 Å². The van der Waals surface area contributed by atoms with Crippen LogP contribution in [-0.4, -0.2) is 36.1 Å². The van der Waals surface area contributed by atoms with Gasteiger partial charge in [0.2, 0.25) is 5.91 Å². The molecular weight excluding hydrogens is 130 g/mol. The molecule has 1 radical (unpaired) electrons. The normalized spacial score (nSPS) is 9.50. The second-order valence-electron chi connectivity index (χ2n) is 2.14. The van der Waals surface area contributed by atoms with Gasteiger partial charge in [-0.05, 0) is 6.42 Å². The topological polar surface area (TPSA) is 40.5 Å². The van der Waals surface area contributed by atoms with Crippen LogP contribution >= 0.6 is 0 Å². The molecule has 3 nitrogen and oxygen atoms in total. The molecule has 0 aromatic rings. The molecule has 1 amide bonds. The minimum absolute atomic E-state index is 0.0272. The highest BCUT2D eigenvalue weighted by Crippen LogP contribution is 1.92. The summed E-state index contributed by atoms with van der Waals surface area (Å²) in [5.41, 5.74) is 0. The summed E-state index contributed by atoms with van der Waals surface area (Å²) in [6.45, 7) is 4.00. The van der Waals surface area contributed by atoms with E-state index in [-0.39, 0.29) is 12.5 Å². The molecule has 3 heteroatoms. The molecule has 0 aliphatic heterocycles. The number of rotatable bonds is 4. The Labute approximate surface area is 61.6 Å². The molecule has 10 heavy (non-hydrogen) atoms. The molecule has 0 atom stereocenters. The van der Waals surface area contributed by atoms with Crippen LogP contribution in [0.1, 0.15) is 12.8 Å². The Morgan fingerprint density at radius 2 is 2.30 bits per heavy atom. The van der Waals surface area contributed by atoms with Crippen molar-refractivity contribution < 1.29 is 9.90 Å². The first-order chi connectivity index (χ1) is 4.72. The fourth-order valence-electron chi connectivity index (χ4n) is 0.617. The molecule has 0 spiro atoms. The van der Waals surface area contributed by atoms with E-state index in [1.807, 2.05) is 0 Å². The van der Waals surface area contributed by atoms with Crippen LogP contribution in [0, 0.1) is 6.92 Å². The SMILES string of the molecule is [CH2]CCC(=O)N(C)CCO. The predicted octanol–water partition coefficient (Wildman–Crippen LogP) is 0.0514. The van der Waals surface area contributed by atoms with Crippen molar-refractivity contribution in [3.63, 3.8) is 0 Å². The smallest absolute Gasteiger partial charge is 0.222 e. The number of carbonyl (C=O) groups excluding carboxylic acids is 1. The van der Waals surface area contributed by atoms with Gasteiger partial charge in [-0.3, -0.25) is 4.79 Å². The van der Waals surface area contributed by atoms with Crippen LogP contribution in [0.3, 0.4) is 0 Å². The number of hydrogen-bond donors (Lipinski definition) is 1. The highest BCUT2D eigenvalue weighted by Gasteiger charge is 2.04. The first-order valence-electron chi connectivity index (χ1n) is 3.36. The fraction of sp³-hybridized carbons (Fsp3) is 0.714. The Kier molecular flexibility index (Phi) is 4.94. The zero-order chi connectivity index (χ0) is 7.98. The third-order valence-corrected chi connectivity index (χ3v) is 1.25. The average molecular weight is 144 g/mol. The van der Waals surface area contributed by atoms with Crippen molar-refractivity contribution in [3.05, 3.63) is 6.92 Å². The van der Waals surface area contributed by atoms with Gasteiger partial charge in [0.05, 0.1) is 6.61 Å². The minimum Gasteiger partial charge on any atom is -0.395 e. The van der Waals surface area contributed by atoms with Crippen molar-refractivity contribution in [2.24, 2.45) is 0 Å². The molecule has 0 aromatic carbocycles. The van der Waals surface area contributed by atoms with E-state index in [4.69, 9.17) is 5.11 Å². The molecule has 59 valence electrons. The Balaban J connectivity index is 3.49. The van der Waals surface area contributed by atoms with E-state index in [2.05, 4.69) is 6.92 Å². The Hall–Kier alpha value is -0.570. The lowest BCUT2D eigenvalue weighted by Crippen LogP contribution is -2.28. The van der Waals surface area contributed by atoms with Crippen LogP contribution in [0.5, 0.6) is 0 Å². The molecule has 0 fully saturated rings. The number of likely N-dealkylation sites (N-methyl/N-ethyl adjacent to an activating group) is 1. The van der Waals surface area contributed by atoms with E-state index in [0.29, 0.717) is 19.4 Å². The van der Waals surface area contributed by atoms with Crippen LogP contribution in [0.2, 0.25) is 0 Å². The van der Waals surface area contributed by atoms with Gasteiger partial charge in [-0.1, -0.05) is 6.92 Å². The van der Waals surface area contributed by atoms with E-state index < -0.39 is 0 Å². The van der Waals surface area contributed by atoms with Crippen molar-refractivity contribution in [1.82, 2.24) is 4.90 Å². The summed E-state index contributed by atoms with van der Waals surface area (Å²) in [5.74, 6) is 0.0454. The monoisotopic (exact) mass is 144 g/mol. The van der Waals surface area contributed by atoms with Gasteiger partial charge in [0.25, 0.3) is 0 Å². The Bertz CT molecular complexity index is 104. The molecule has 0 rings (SSSR count). The number of aliphatic hydroxyl groups is 1. The number of hydrogen-bond acceptors (Lipinski definition) is 2. The minimum atomic E-state index is 0.0272. The van der Waals surface area contributed by atoms with Gasteiger partial charge < -0.3 is 10.0 Å². The van der Waals surface area contributed by atoms with Gasteiger partial charge in [-0.2, -0.15) is 0 Å². The van der Waals surface area contributed by atoms with Gasteiger partial charge in [-0.25, -0.2) is 0 Å². The summed E-state index contributed by atoms with van der Waals surface area (Å²) in [6.07, 6.45) is 1.09. The van der Waals surface area contributed by atoms with Gasteiger partial charge in [-0.15, -0.1) is 0 Å². The quantitative estimate of drug-likeness (QED) is 0.605. The lowest BCUT2D eigenvalue weighted by molar-refractivity contribution is -0.130. The van der Waals surface area contributed by atoms with Crippen molar-refractivity contribution in [2.75, 3.05) is 20.2 Å². The summed E-state index contributed by atoms with van der Waals surface area (Å²) in [5, 5.41) is 8.44. The van der Waals surface area contributed by atoms with Gasteiger partial charge in [0.1, 0.15) is 0 Å². The largest absolute Gasteiger partial charge is 0.395 e. The third-order valence-electron chi connectivity index (χ3n) is 1.25. The number of aliphatic hydroxyl groups excluding tert-OH is 1. The third kappa shape index (κ3) is 3.45. The highest BCUT2D eigenvalue weighted by molar-refractivity contribution is 5.75. The van der Waals surface area contributed by atoms with Crippen LogP contribution in [0.25, 0.3) is 0 Å². The average Bonchev–Trinajstić information content (AvgIpc) is 1.89. The lowest BCUT2D eigenvalue weighted by atomic mass is 10.3. The first-order valence-corrected chi connectivity index (χ1v) is 3.36. The number of carbonyl (C=O) groups is 1. The first kappa shape index (κ1) is 9.43. The van der Waals surface area contributed by atoms with Crippen molar-refractivity contribution in [1.29, 1.82) is 0 Å². The highest BCUT2D eigenvalue weighted by atomic mass is 16.3. The van der Waals surface area contributed by atoms with E-state index in [1.54, 1.807) is 7.05 Å². The van der Waals surface area contributed by atoms with E-state index in [1.165, 1.54) is 4.90 Å². The summed E-state index contributed by atoms with van der Waals surface area (Å²) >= 11 is 0. The molecule has 0 saturated heterocycles. The van der Waals surface area contributed by atoms with E-state index in [0.717, 1.165) is 0 Å². The van der Waals surface area contributed by atoms with Crippen molar-refractivity contribution >= 4 is 5.91 Å².